The lowest BCUT2D eigenvalue weighted by Crippen LogP contribution is -2.27. The summed E-state index contributed by atoms with van der Waals surface area (Å²) in [6.45, 7) is 0. The van der Waals surface area contributed by atoms with Gasteiger partial charge in [0.15, 0.2) is 0 Å². The molecule has 0 saturated heterocycles. The standard InChI is InChI=1S/C25H18ClF3N4/c26-23-15(9-11-21(27)32-23)17-5-3-7-19(30-17)25(13-1-2-14-25)20-8-4-6-18(31-20)16-10-12-22(28)33-24(16)29/h3-12H,1-2,13-14H2. The van der Waals surface area contributed by atoms with E-state index in [0.717, 1.165) is 43.1 Å². The number of halogens is 4. The molecule has 0 amide bonds. The summed E-state index contributed by atoms with van der Waals surface area (Å²) in [5, 5.41) is 0.0412. The van der Waals surface area contributed by atoms with Gasteiger partial charge in [-0.2, -0.15) is 18.2 Å². The molecule has 1 saturated carbocycles. The SMILES string of the molecule is Fc1ccc(-c2cccc(C3(c4cccc(-c5ccc(F)nc5Cl)n4)CCCC3)n2)c(F)n1. The number of nitrogens with zero attached hydrogens (tertiary/aromatic N) is 4. The summed E-state index contributed by atoms with van der Waals surface area (Å²) in [5.41, 5.74) is 2.73. The van der Waals surface area contributed by atoms with Gasteiger partial charge in [0.05, 0.1) is 33.8 Å². The van der Waals surface area contributed by atoms with Crippen LogP contribution in [0.3, 0.4) is 0 Å². The van der Waals surface area contributed by atoms with E-state index in [4.69, 9.17) is 21.6 Å². The average molecular weight is 467 g/mol. The van der Waals surface area contributed by atoms with Crippen molar-refractivity contribution in [2.75, 3.05) is 0 Å². The molecule has 1 aliphatic carbocycles. The van der Waals surface area contributed by atoms with Crippen LogP contribution in [0, 0.1) is 17.8 Å². The fourth-order valence-electron chi connectivity index (χ4n) is 4.53. The molecule has 4 aromatic rings. The monoisotopic (exact) mass is 466 g/mol. The van der Waals surface area contributed by atoms with Crippen LogP contribution in [0.1, 0.15) is 37.1 Å². The van der Waals surface area contributed by atoms with Crippen molar-refractivity contribution in [2.45, 2.75) is 31.1 Å². The summed E-state index contributed by atoms with van der Waals surface area (Å²) < 4.78 is 41.0. The van der Waals surface area contributed by atoms with Crippen molar-refractivity contribution in [2.24, 2.45) is 0 Å². The molecular formula is C25H18ClF3N4. The molecule has 0 spiro atoms. The number of rotatable bonds is 4. The van der Waals surface area contributed by atoms with Gasteiger partial charge < -0.3 is 0 Å². The summed E-state index contributed by atoms with van der Waals surface area (Å²) in [7, 11) is 0. The average Bonchev–Trinajstić information content (AvgIpc) is 3.31. The minimum absolute atomic E-state index is 0.0412. The van der Waals surface area contributed by atoms with Gasteiger partial charge in [-0.05, 0) is 61.4 Å². The van der Waals surface area contributed by atoms with E-state index in [9.17, 15) is 13.2 Å². The highest BCUT2D eigenvalue weighted by Crippen LogP contribution is 2.46. The van der Waals surface area contributed by atoms with Crippen LogP contribution < -0.4 is 0 Å². The van der Waals surface area contributed by atoms with Crippen LogP contribution in [0.4, 0.5) is 13.2 Å². The fraction of sp³-hybridized carbons (Fsp3) is 0.200. The van der Waals surface area contributed by atoms with Crippen molar-refractivity contribution in [3.8, 4) is 22.5 Å². The lowest BCUT2D eigenvalue weighted by Gasteiger charge is -2.29. The molecule has 0 unspecified atom stereocenters. The summed E-state index contributed by atoms with van der Waals surface area (Å²) in [4.78, 5) is 16.6. The van der Waals surface area contributed by atoms with Crippen LogP contribution in [0.2, 0.25) is 5.15 Å². The number of hydrogen-bond acceptors (Lipinski definition) is 4. The molecule has 4 aromatic heterocycles. The van der Waals surface area contributed by atoms with Gasteiger partial charge in [-0.25, -0.2) is 4.98 Å². The van der Waals surface area contributed by atoms with Gasteiger partial charge in [0, 0.05) is 5.56 Å². The largest absolute Gasteiger partial charge is 0.252 e. The predicted molar refractivity (Wildman–Crippen MR) is 119 cm³/mol. The molecule has 0 N–H and O–H groups in total. The topological polar surface area (TPSA) is 51.6 Å². The first kappa shape index (κ1) is 21.5. The Hall–Kier alpha value is -3.32. The summed E-state index contributed by atoms with van der Waals surface area (Å²) >= 11 is 6.17. The first-order valence-electron chi connectivity index (χ1n) is 10.6. The lowest BCUT2D eigenvalue weighted by molar-refractivity contribution is 0.502. The lowest BCUT2D eigenvalue weighted by atomic mass is 9.78. The van der Waals surface area contributed by atoms with E-state index in [-0.39, 0.29) is 10.7 Å². The molecule has 4 nitrogen and oxygen atoms in total. The van der Waals surface area contributed by atoms with E-state index in [1.807, 2.05) is 24.3 Å². The Bertz CT molecular complexity index is 1240. The highest BCUT2D eigenvalue weighted by atomic mass is 35.5. The second-order valence-corrected chi connectivity index (χ2v) is 8.41. The molecule has 0 aliphatic heterocycles. The van der Waals surface area contributed by atoms with Gasteiger partial charge in [-0.1, -0.05) is 36.6 Å². The van der Waals surface area contributed by atoms with E-state index in [1.165, 1.54) is 12.1 Å². The third-order valence-corrected chi connectivity index (χ3v) is 6.41. The number of hydrogen-bond donors (Lipinski definition) is 0. The second-order valence-electron chi connectivity index (χ2n) is 8.05. The van der Waals surface area contributed by atoms with Gasteiger partial charge in [-0.3, -0.25) is 9.97 Å². The minimum atomic E-state index is -0.904. The van der Waals surface area contributed by atoms with Crippen LogP contribution in [0.5, 0.6) is 0 Å². The van der Waals surface area contributed by atoms with E-state index < -0.39 is 23.3 Å². The van der Waals surface area contributed by atoms with Crippen molar-refractivity contribution in [1.82, 2.24) is 19.9 Å². The quantitative estimate of drug-likeness (QED) is 0.321. The Morgan fingerprint density at radius 2 is 1.18 bits per heavy atom. The van der Waals surface area contributed by atoms with Crippen LogP contribution in [0.15, 0.2) is 60.7 Å². The molecule has 0 atom stereocenters. The van der Waals surface area contributed by atoms with Gasteiger partial charge in [0.2, 0.25) is 17.8 Å². The third kappa shape index (κ3) is 3.97. The van der Waals surface area contributed by atoms with Crippen molar-refractivity contribution in [3.63, 3.8) is 0 Å². The van der Waals surface area contributed by atoms with E-state index >= 15 is 0 Å². The Labute approximate surface area is 193 Å². The Morgan fingerprint density at radius 3 is 1.76 bits per heavy atom. The molecule has 1 aliphatic rings. The molecule has 0 radical (unpaired) electrons. The first-order chi connectivity index (χ1) is 16.0. The molecule has 1 fully saturated rings. The maximum absolute atomic E-state index is 14.3. The van der Waals surface area contributed by atoms with Gasteiger partial charge >= 0.3 is 0 Å². The first-order valence-corrected chi connectivity index (χ1v) is 10.9. The molecule has 33 heavy (non-hydrogen) atoms. The summed E-state index contributed by atoms with van der Waals surface area (Å²) in [6.07, 6.45) is 3.62. The highest BCUT2D eigenvalue weighted by Gasteiger charge is 2.40. The highest BCUT2D eigenvalue weighted by molar-refractivity contribution is 6.32. The van der Waals surface area contributed by atoms with Crippen LogP contribution in [0.25, 0.3) is 22.5 Å². The van der Waals surface area contributed by atoms with Crippen LogP contribution in [-0.2, 0) is 5.41 Å². The number of pyridine rings is 4. The molecule has 0 aromatic carbocycles. The normalized spacial score (nSPS) is 15.0. The Kier molecular flexibility index (Phi) is 5.58. The number of aromatic nitrogens is 4. The maximum atomic E-state index is 14.3. The van der Waals surface area contributed by atoms with Crippen molar-refractivity contribution < 1.29 is 13.2 Å². The summed E-state index contributed by atoms with van der Waals surface area (Å²) in [5.74, 6) is -2.44. The Morgan fingerprint density at radius 1 is 0.636 bits per heavy atom. The molecule has 0 bridgehead atoms. The van der Waals surface area contributed by atoms with Gasteiger partial charge in [0.1, 0.15) is 5.15 Å². The van der Waals surface area contributed by atoms with Gasteiger partial charge in [0.25, 0.3) is 0 Å². The molecule has 5 rings (SSSR count). The maximum Gasteiger partial charge on any atom is 0.224 e. The zero-order chi connectivity index (χ0) is 23.0. The van der Waals surface area contributed by atoms with Crippen LogP contribution in [-0.4, -0.2) is 19.9 Å². The van der Waals surface area contributed by atoms with E-state index in [2.05, 4.69) is 9.97 Å². The van der Waals surface area contributed by atoms with Crippen molar-refractivity contribution >= 4 is 11.6 Å². The summed E-state index contributed by atoms with van der Waals surface area (Å²) in [6, 6.07) is 16.3. The van der Waals surface area contributed by atoms with Crippen LogP contribution >= 0.6 is 11.6 Å². The molecule has 8 heteroatoms. The fourth-order valence-corrected chi connectivity index (χ4v) is 4.77. The third-order valence-electron chi connectivity index (χ3n) is 6.12. The van der Waals surface area contributed by atoms with E-state index in [0.29, 0.717) is 17.0 Å². The Balaban J connectivity index is 1.61. The zero-order valence-electron chi connectivity index (χ0n) is 17.4. The molecule has 4 heterocycles. The van der Waals surface area contributed by atoms with Crippen molar-refractivity contribution in [1.29, 1.82) is 0 Å². The van der Waals surface area contributed by atoms with Gasteiger partial charge in [-0.15, -0.1) is 0 Å². The minimum Gasteiger partial charge on any atom is -0.252 e. The van der Waals surface area contributed by atoms with E-state index in [1.54, 1.807) is 18.2 Å². The molecular weight excluding hydrogens is 449 g/mol. The van der Waals surface area contributed by atoms with Crippen molar-refractivity contribution in [3.05, 3.63) is 95.0 Å². The second kappa shape index (κ2) is 8.56. The zero-order valence-corrected chi connectivity index (χ0v) is 18.2. The predicted octanol–water partition coefficient (Wildman–Crippen LogP) is 6.53. The smallest absolute Gasteiger partial charge is 0.224 e. The molecule has 166 valence electrons.